The summed E-state index contributed by atoms with van der Waals surface area (Å²) in [6.07, 6.45) is 2.03. The van der Waals surface area contributed by atoms with Crippen molar-refractivity contribution in [3.63, 3.8) is 0 Å². The number of methoxy groups -OCH3 is 1. The molecule has 0 saturated carbocycles. The van der Waals surface area contributed by atoms with Crippen LogP contribution in [0.25, 0.3) is 11.3 Å². The summed E-state index contributed by atoms with van der Waals surface area (Å²) in [5.74, 6) is 1.25. The second-order valence-corrected chi connectivity index (χ2v) is 5.26. The van der Waals surface area contributed by atoms with Crippen LogP contribution in [0.1, 0.15) is 25.3 Å². The minimum Gasteiger partial charge on any atom is -0.497 e. The number of rotatable bonds is 6. The Kier molecular flexibility index (Phi) is 5.51. The first-order valence-electron chi connectivity index (χ1n) is 7.19. The van der Waals surface area contributed by atoms with Gasteiger partial charge in [-0.25, -0.2) is 0 Å². The molecule has 0 spiro atoms. The van der Waals surface area contributed by atoms with Crippen molar-refractivity contribution in [1.82, 2.24) is 4.57 Å². The highest BCUT2D eigenvalue weighted by molar-refractivity contribution is 7.79. The Morgan fingerprint density at radius 1 is 1.24 bits per heavy atom. The standard InChI is InChI=1S/C17H21NO2S/c1-3-4-10-18-16(9-8-14(12-21)17(18)19)13-6-5-7-15(11-13)20-2/h5-9,11,21H,3-4,10,12H2,1-2H3. The average molecular weight is 303 g/mol. The maximum atomic E-state index is 12.5. The lowest BCUT2D eigenvalue weighted by Gasteiger charge is -2.15. The van der Waals surface area contributed by atoms with Crippen molar-refractivity contribution in [2.75, 3.05) is 7.11 Å². The van der Waals surface area contributed by atoms with Crippen molar-refractivity contribution in [2.45, 2.75) is 32.1 Å². The Hall–Kier alpha value is -1.68. The van der Waals surface area contributed by atoms with Gasteiger partial charge in [-0.05, 0) is 24.6 Å². The van der Waals surface area contributed by atoms with Gasteiger partial charge in [0.15, 0.2) is 0 Å². The van der Waals surface area contributed by atoms with Crippen LogP contribution >= 0.6 is 12.6 Å². The Bertz CT molecular complexity index is 664. The molecule has 0 bridgehead atoms. The van der Waals surface area contributed by atoms with Gasteiger partial charge in [-0.15, -0.1) is 0 Å². The van der Waals surface area contributed by atoms with Crippen molar-refractivity contribution in [3.05, 3.63) is 52.3 Å². The first-order chi connectivity index (χ1) is 10.2. The predicted octanol–water partition coefficient (Wildman–Crippen LogP) is 3.75. The molecule has 4 heteroatoms. The maximum Gasteiger partial charge on any atom is 0.255 e. The molecule has 0 radical (unpaired) electrons. The number of thiol groups is 1. The number of nitrogens with zero attached hydrogens (tertiary/aromatic N) is 1. The summed E-state index contributed by atoms with van der Waals surface area (Å²) in [5.41, 5.74) is 2.71. The summed E-state index contributed by atoms with van der Waals surface area (Å²) < 4.78 is 7.12. The predicted molar refractivity (Wildman–Crippen MR) is 90.3 cm³/mol. The normalized spacial score (nSPS) is 10.6. The van der Waals surface area contributed by atoms with E-state index in [0.717, 1.165) is 42.0 Å². The van der Waals surface area contributed by atoms with Gasteiger partial charge < -0.3 is 9.30 Å². The smallest absolute Gasteiger partial charge is 0.255 e. The molecule has 0 N–H and O–H groups in total. The first-order valence-corrected chi connectivity index (χ1v) is 7.82. The highest BCUT2D eigenvalue weighted by Crippen LogP contribution is 2.23. The monoisotopic (exact) mass is 303 g/mol. The van der Waals surface area contributed by atoms with E-state index in [-0.39, 0.29) is 5.56 Å². The topological polar surface area (TPSA) is 31.2 Å². The third-order valence-corrected chi connectivity index (χ3v) is 3.86. The molecule has 0 saturated heterocycles. The molecule has 0 aliphatic rings. The first kappa shape index (κ1) is 15.7. The van der Waals surface area contributed by atoms with Crippen LogP contribution in [-0.2, 0) is 12.3 Å². The Balaban J connectivity index is 2.55. The molecule has 2 aromatic rings. The van der Waals surface area contributed by atoms with Gasteiger partial charge in [0.05, 0.1) is 12.8 Å². The summed E-state index contributed by atoms with van der Waals surface area (Å²) in [6.45, 7) is 2.85. The van der Waals surface area contributed by atoms with Crippen molar-refractivity contribution in [3.8, 4) is 17.0 Å². The Morgan fingerprint density at radius 2 is 2.05 bits per heavy atom. The molecule has 21 heavy (non-hydrogen) atoms. The highest BCUT2D eigenvalue weighted by atomic mass is 32.1. The molecule has 3 nitrogen and oxygen atoms in total. The molecular weight excluding hydrogens is 282 g/mol. The van der Waals surface area contributed by atoms with Gasteiger partial charge in [-0.3, -0.25) is 4.79 Å². The minimum atomic E-state index is 0.0544. The summed E-state index contributed by atoms with van der Waals surface area (Å²) in [5, 5.41) is 0. The van der Waals surface area contributed by atoms with Crippen LogP contribution in [0.5, 0.6) is 5.75 Å². The van der Waals surface area contributed by atoms with E-state index in [0.29, 0.717) is 5.75 Å². The van der Waals surface area contributed by atoms with Gasteiger partial charge in [0.25, 0.3) is 5.56 Å². The number of hydrogen-bond donors (Lipinski definition) is 1. The fourth-order valence-corrected chi connectivity index (χ4v) is 2.56. The molecule has 0 unspecified atom stereocenters. The van der Waals surface area contributed by atoms with Crippen LogP contribution in [-0.4, -0.2) is 11.7 Å². The van der Waals surface area contributed by atoms with Crippen LogP contribution in [0.15, 0.2) is 41.2 Å². The second-order valence-electron chi connectivity index (χ2n) is 4.94. The molecule has 0 amide bonds. The molecule has 0 atom stereocenters. The van der Waals surface area contributed by atoms with E-state index in [1.807, 2.05) is 41.0 Å². The van der Waals surface area contributed by atoms with E-state index in [2.05, 4.69) is 19.6 Å². The van der Waals surface area contributed by atoms with Crippen LogP contribution in [0, 0.1) is 0 Å². The van der Waals surface area contributed by atoms with Crippen LogP contribution in [0.2, 0.25) is 0 Å². The van der Waals surface area contributed by atoms with E-state index in [9.17, 15) is 4.79 Å². The summed E-state index contributed by atoms with van der Waals surface area (Å²) in [7, 11) is 1.65. The third kappa shape index (κ3) is 3.50. The van der Waals surface area contributed by atoms with E-state index < -0.39 is 0 Å². The van der Waals surface area contributed by atoms with Gasteiger partial charge >= 0.3 is 0 Å². The molecule has 1 heterocycles. The van der Waals surface area contributed by atoms with Gasteiger partial charge in [-0.2, -0.15) is 12.6 Å². The molecule has 0 aliphatic carbocycles. The zero-order valence-corrected chi connectivity index (χ0v) is 13.4. The molecule has 0 aliphatic heterocycles. The summed E-state index contributed by atoms with van der Waals surface area (Å²) >= 11 is 4.24. The lowest BCUT2D eigenvalue weighted by molar-refractivity contribution is 0.415. The molecule has 0 fully saturated rings. The van der Waals surface area contributed by atoms with Crippen molar-refractivity contribution >= 4 is 12.6 Å². The van der Waals surface area contributed by atoms with Crippen molar-refractivity contribution < 1.29 is 4.74 Å². The maximum absolute atomic E-state index is 12.5. The fourth-order valence-electron chi connectivity index (χ4n) is 2.32. The molecule has 1 aromatic heterocycles. The van der Waals surface area contributed by atoms with Gasteiger partial charge in [0.1, 0.15) is 5.75 Å². The largest absolute Gasteiger partial charge is 0.497 e. The quantitative estimate of drug-likeness (QED) is 0.824. The van der Waals surface area contributed by atoms with E-state index in [4.69, 9.17) is 4.74 Å². The molecule has 112 valence electrons. The van der Waals surface area contributed by atoms with Crippen molar-refractivity contribution in [1.29, 1.82) is 0 Å². The van der Waals surface area contributed by atoms with E-state index in [1.165, 1.54) is 0 Å². The fraction of sp³-hybridized carbons (Fsp3) is 0.353. The molecular formula is C17H21NO2S. The van der Waals surface area contributed by atoms with Crippen LogP contribution in [0.3, 0.4) is 0 Å². The number of benzene rings is 1. The minimum absolute atomic E-state index is 0.0544. The lowest BCUT2D eigenvalue weighted by Crippen LogP contribution is -2.24. The lowest BCUT2D eigenvalue weighted by atomic mass is 10.1. The number of aromatic nitrogens is 1. The van der Waals surface area contributed by atoms with Crippen LogP contribution in [0.4, 0.5) is 0 Å². The zero-order valence-electron chi connectivity index (χ0n) is 12.5. The van der Waals surface area contributed by atoms with Gasteiger partial charge in [0.2, 0.25) is 0 Å². The third-order valence-electron chi connectivity index (χ3n) is 3.52. The number of unbranched alkanes of at least 4 members (excludes halogenated alkanes) is 1. The summed E-state index contributed by atoms with van der Waals surface area (Å²) in [4.78, 5) is 12.5. The zero-order chi connectivity index (χ0) is 15.2. The SMILES string of the molecule is CCCCn1c(-c2cccc(OC)c2)ccc(CS)c1=O. The highest BCUT2D eigenvalue weighted by Gasteiger charge is 2.10. The number of ether oxygens (including phenoxy) is 1. The van der Waals surface area contributed by atoms with Crippen LogP contribution < -0.4 is 10.3 Å². The summed E-state index contributed by atoms with van der Waals surface area (Å²) in [6, 6.07) is 11.7. The average Bonchev–Trinajstić information content (AvgIpc) is 2.53. The molecule has 1 aromatic carbocycles. The van der Waals surface area contributed by atoms with Crippen molar-refractivity contribution in [2.24, 2.45) is 0 Å². The number of hydrogen-bond acceptors (Lipinski definition) is 3. The second kappa shape index (κ2) is 7.36. The Labute approximate surface area is 131 Å². The van der Waals surface area contributed by atoms with Gasteiger partial charge in [-0.1, -0.05) is 31.5 Å². The van der Waals surface area contributed by atoms with E-state index >= 15 is 0 Å². The van der Waals surface area contributed by atoms with E-state index in [1.54, 1.807) is 7.11 Å². The number of pyridine rings is 1. The Morgan fingerprint density at radius 3 is 2.71 bits per heavy atom. The molecule has 2 rings (SSSR count). The van der Waals surface area contributed by atoms with Gasteiger partial charge in [0, 0.05) is 23.4 Å².